The van der Waals surface area contributed by atoms with Crippen molar-refractivity contribution in [3.8, 4) is 0 Å². The summed E-state index contributed by atoms with van der Waals surface area (Å²) in [5.74, 6) is -0.885. The van der Waals surface area contributed by atoms with E-state index in [0.717, 1.165) is 0 Å². The number of benzene rings is 1. The van der Waals surface area contributed by atoms with Gasteiger partial charge in [0.15, 0.2) is 0 Å². The van der Waals surface area contributed by atoms with Crippen LogP contribution in [0.25, 0.3) is 0 Å². The van der Waals surface area contributed by atoms with E-state index in [2.05, 4.69) is 20.9 Å². The van der Waals surface area contributed by atoms with Gasteiger partial charge >= 0.3 is 0 Å². The highest BCUT2D eigenvalue weighted by Crippen LogP contribution is 2.25. The van der Waals surface area contributed by atoms with E-state index in [1.54, 1.807) is 6.07 Å². The normalized spacial score (nSPS) is 10.3. The maximum atomic E-state index is 13.8. The van der Waals surface area contributed by atoms with Gasteiger partial charge in [-0.15, -0.1) is 0 Å². The number of halogens is 3. The molecular weight excluding hydrogens is 335 g/mol. The molecule has 3 nitrogen and oxygen atoms in total. The Hall–Kier alpha value is -1.46. The van der Waals surface area contributed by atoms with Crippen molar-refractivity contribution >= 4 is 39.1 Å². The standard InChI is InChI=1S/C13H9BrClFN2O/c1-18(12-3-2-8(15)6-11(12)16)13(19)9-4-5-17-7-10(9)14/h2-7H,1H3. The zero-order valence-electron chi connectivity index (χ0n) is 9.90. The smallest absolute Gasteiger partial charge is 0.259 e. The fourth-order valence-electron chi connectivity index (χ4n) is 1.59. The van der Waals surface area contributed by atoms with Crippen LogP contribution in [0.2, 0.25) is 5.02 Å². The highest BCUT2D eigenvalue weighted by Gasteiger charge is 2.18. The van der Waals surface area contributed by atoms with Crippen LogP contribution in [-0.2, 0) is 0 Å². The minimum atomic E-state index is -0.548. The summed E-state index contributed by atoms with van der Waals surface area (Å²) in [6.07, 6.45) is 3.02. The van der Waals surface area contributed by atoms with E-state index in [4.69, 9.17) is 11.6 Å². The van der Waals surface area contributed by atoms with Crippen molar-refractivity contribution in [3.63, 3.8) is 0 Å². The van der Waals surface area contributed by atoms with E-state index in [1.165, 1.54) is 42.5 Å². The van der Waals surface area contributed by atoms with Crippen LogP contribution in [0.5, 0.6) is 0 Å². The summed E-state index contributed by atoms with van der Waals surface area (Å²) in [4.78, 5) is 17.4. The number of carbonyl (C=O) groups is 1. The Morgan fingerprint density at radius 1 is 1.42 bits per heavy atom. The van der Waals surface area contributed by atoms with Crippen molar-refractivity contribution in [1.29, 1.82) is 0 Å². The molecule has 1 aromatic heterocycles. The predicted molar refractivity (Wildman–Crippen MR) is 76.1 cm³/mol. The molecule has 2 aromatic rings. The molecule has 0 N–H and O–H groups in total. The molecule has 1 amide bonds. The SMILES string of the molecule is CN(C(=O)c1ccncc1Br)c1ccc(Cl)cc1F. The van der Waals surface area contributed by atoms with Gasteiger partial charge in [0.2, 0.25) is 0 Å². The van der Waals surface area contributed by atoms with Gasteiger partial charge in [0, 0.05) is 28.9 Å². The summed E-state index contributed by atoms with van der Waals surface area (Å²) in [5, 5.41) is 0.284. The van der Waals surface area contributed by atoms with Crippen molar-refractivity contribution in [2.45, 2.75) is 0 Å². The number of aromatic nitrogens is 1. The average molecular weight is 344 g/mol. The van der Waals surface area contributed by atoms with Crippen molar-refractivity contribution in [1.82, 2.24) is 4.98 Å². The maximum absolute atomic E-state index is 13.8. The molecule has 1 heterocycles. The number of amides is 1. The predicted octanol–water partition coefficient (Wildman–Crippen LogP) is 3.91. The zero-order valence-corrected chi connectivity index (χ0v) is 12.2. The van der Waals surface area contributed by atoms with Gasteiger partial charge in [0.25, 0.3) is 5.91 Å². The van der Waals surface area contributed by atoms with Crippen LogP contribution in [0.3, 0.4) is 0 Å². The van der Waals surface area contributed by atoms with Gasteiger partial charge in [-0.05, 0) is 40.2 Å². The molecule has 19 heavy (non-hydrogen) atoms. The second-order valence-corrected chi connectivity index (χ2v) is 5.11. The number of rotatable bonds is 2. The molecule has 0 radical (unpaired) electrons. The van der Waals surface area contributed by atoms with Gasteiger partial charge in [-0.25, -0.2) is 4.39 Å². The molecule has 98 valence electrons. The van der Waals surface area contributed by atoms with Gasteiger partial charge < -0.3 is 4.90 Å². The lowest BCUT2D eigenvalue weighted by Crippen LogP contribution is -2.27. The second-order valence-electron chi connectivity index (χ2n) is 3.82. The lowest BCUT2D eigenvalue weighted by Gasteiger charge is -2.18. The molecule has 0 spiro atoms. The van der Waals surface area contributed by atoms with Crippen molar-refractivity contribution in [2.24, 2.45) is 0 Å². The molecular formula is C13H9BrClFN2O. The first kappa shape index (κ1) is 14.0. The first-order valence-corrected chi connectivity index (χ1v) is 6.50. The van der Waals surface area contributed by atoms with Crippen molar-refractivity contribution < 1.29 is 9.18 Å². The summed E-state index contributed by atoms with van der Waals surface area (Å²) in [6.45, 7) is 0. The molecule has 0 fully saturated rings. The maximum Gasteiger partial charge on any atom is 0.259 e. The summed E-state index contributed by atoms with van der Waals surface area (Å²) >= 11 is 8.93. The molecule has 0 aliphatic heterocycles. The van der Waals surface area contributed by atoms with Crippen LogP contribution in [0, 0.1) is 5.82 Å². The Morgan fingerprint density at radius 3 is 2.79 bits per heavy atom. The fourth-order valence-corrected chi connectivity index (χ4v) is 2.17. The van der Waals surface area contributed by atoms with Gasteiger partial charge in [-0.3, -0.25) is 9.78 Å². The van der Waals surface area contributed by atoms with E-state index in [-0.39, 0.29) is 16.6 Å². The number of hydrogen-bond donors (Lipinski definition) is 0. The molecule has 0 saturated carbocycles. The monoisotopic (exact) mass is 342 g/mol. The average Bonchev–Trinajstić information content (AvgIpc) is 2.38. The van der Waals surface area contributed by atoms with Crippen LogP contribution in [0.4, 0.5) is 10.1 Å². The highest BCUT2D eigenvalue weighted by atomic mass is 79.9. The molecule has 1 aromatic carbocycles. The molecule has 0 unspecified atom stereocenters. The van der Waals surface area contributed by atoms with E-state index in [9.17, 15) is 9.18 Å². The number of pyridine rings is 1. The third kappa shape index (κ3) is 2.93. The van der Waals surface area contributed by atoms with Crippen molar-refractivity contribution in [2.75, 3.05) is 11.9 Å². The zero-order chi connectivity index (χ0) is 14.0. The van der Waals surface area contributed by atoms with Gasteiger partial charge in [-0.2, -0.15) is 0 Å². The number of hydrogen-bond acceptors (Lipinski definition) is 2. The Labute approximate surface area is 123 Å². The van der Waals surface area contributed by atoms with E-state index in [1.807, 2.05) is 0 Å². The second kappa shape index (κ2) is 5.67. The largest absolute Gasteiger partial charge is 0.309 e. The van der Waals surface area contributed by atoms with Crippen LogP contribution in [-0.4, -0.2) is 17.9 Å². The number of nitrogens with zero attached hydrogens (tertiary/aromatic N) is 2. The lowest BCUT2D eigenvalue weighted by atomic mass is 10.2. The first-order valence-electron chi connectivity index (χ1n) is 5.33. The first-order chi connectivity index (χ1) is 9.00. The molecule has 6 heteroatoms. The van der Waals surface area contributed by atoms with Gasteiger partial charge in [0.1, 0.15) is 5.82 Å². The minimum Gasteiger partial charge on any atom is -0.309 e. The van der Waals surface area contributed by atoms with Crippen LogP contribution in [0.15, 0.2) is 41.1 Å². The molecule has 0 atom stereocenters. The third-order valence-corrected chi connectivity index (χ3v) is 3.45. The minimum absolute atomic E-state index is 0.165. The lowest BCUT2D eigenvalue weighted by molar-refractivity contribution is 0.0991. The Balaban J connectivity index is 2.37. The Bertz CT molecular complexity index is 636. The summed E-state index contributed by atoms with van der Waals surface area (Å²) < 4.78 is 14.3. The van der Waals surface area contributed by atoms with E-state index >= 15 is 0 Å². The van der Waals surface area contributed by atoms with Gasteiger partial charge in [0.05, 0.1) is 11.3 Å². The Kier molecular flexibility index (Phi) is 4.17. The molecule has 0 bridgehead atoms. The third-order valence-electron chi connectivity index (χ3n) is 2.58. The van der Waals surface area contributed by atoms with Crippen LogP contribution < -0.4 is 4.90 Å². The molecule has 0 aliphatic carbocycles. The highest BCUT2D eigenvalue weighted by molar-refractivity contribution is 9.10. The van der Waals surface area contributed by atoms with Gasteiger partial charge in [-0.1, -0.05) is 11.6 Å². The van der Waals surface area contributed by atoms with E-state index in [0.29, 0.717) is 10.0 Å². The quantitative estimate of drug-likeness (QED) is 0.828. The topological polar surface area (TPSA) is 33.2 Å². The summed E-state index contributed by atoms with van der Waals surface area (Å²) in [5.41, 5.74) is 0.574. The Morgan fingerprint density at radius 2 is 2.16 bits per heavy atom. The van der Waals surface area contributed by atoms with Crippen LogP contribution >= 0.6 is 27.5 Å². The summed E-state index contributed by atoms with van der Waals surface area (Å²) in [7, 11) is 1.50. The van der Waals surface area contributed by atoms with E-state index < -0.39 is 5.82 Å². The molecule has 2 rings (SSSR count). The van der Waals surface area contributed by atoms with Crippen molar-refractivity contribution in [3.05, 3.63) is 57.5 Å². The summed E-state index contributed by atoms with van der Waals surface area (Å²) in [6, 6.07) is 5.73. The number of carbonyl (C=O) groups excluding carboxylic acids is 1. The number of anilines is 1. The molecule has 0 aliphatic rings. The fraction of sp³-hybridized carbons (Fsp3) is 0.0769. The molecule has 0 saturated heterocycles. The van der Waals surface area contributed by atoms with Crippen LogP contribution in [0.1, 0.15) is 10.4 Å².